The number of piperidine rings is 1. The van der Waals surface area contributed by atoms with E-state index in [-0.39, 0.29) is 23.6 Å². The highest BCUT2D eigenvalue weighted by atomic mass is 19.1. The summed E-state index contributed by atoms with van der Waals surface area (Å²) < 4.78 is 12.8. The molecule has 0 saturated carbocycles. The van der Waals surface area contributed by atoms with E-state index in [1.807, 2.05) is 15.7 Å². The molecule has 1 aromatic carbocycles. The Morgan fingerprint density at radius 3 is 2.45 bits per heavy atom. The van der Waals surface area contributed by atoms with Gasteiger partial charge in [0.1, 0.15) is 21.5 Å². The first-order chi connectivity index (χ1) is 9.21. The van der Waals surface area contributed by atoms with Gasteiger partial charge in [-0.3, -0.25) is 4.90 Å². The number of rotatable bonds is 3. The molecule has 3 N–H and O–H groups in total. The first kappa shape index (κ1) is 15.5. The van der Waals surface area contributed by atoms with Crippen molar-refractivity contribution in [2.75, 3.05) is 7.05 Å². The summed E-state index contributed by atoms with van der Waals surface area (Å²) in [6.07, 6.45) is 1.06. The molecule has 0 bridgehead atoms. The van der Waals surface area contributed by atoms with Crippen LogP contribution in [0.25, 0.3) is 0 Å². The van der Waals surface area contributed by atoms with Crippen LogP contribution < -0.4 is 5.32 Å². The Labute approximate surface area is 120 Å². The second kappa shape index (κ2) is 5.48. The van der Waals surface area contributed by atoms with Gasteiger partial charge in [0.2, 0.25) is 5.91 Å². The zero-order chi connectivity index (χ0) is 15.0. The SMILES string of the molecule is BC1(B)CC(NCc2ccc(F)cc2)CC(O)(O)N1C. The van der Waals surface area contributed by atoms with Crippen molar-refractivity contribution in [2.24, 2.45) is 0 Å². The third kappa shape index (κ3) is 3.41. The van der Waals surface area contributed by atoms with E-state index >= 15 is 0 Å². The van der Waals surface area contributed by atoms with Crippen LogP contribution in [0.15, 0.2) is 24.3 Å². The topological polar surface area (TPSA) is 55.7 Å². The molecule has 1 unspecified atom stereocenters. The van der Waals surface area contributed by atoms with E-state index in [1.165, 1.54) is 12.1 Å². The summed E-state index contributed by atoms with van der Waals surface area (Å²) in [5.74, 6) is -2.05. The number of nitrogens with one attached hydrogen (secondary N) is 1. The molecule has 1 aromatic rings. The Balaban J connectivity index is 1.98. The molecule has 1 fully saturated rings. The van der Waals surface area contributed by atoms with E-state index in [0.717, 1.165) is 12.0 Å². The molecule has 7 heteroatoms. The number of nitrogens with zero attached hydrogens (tertiary/aromatic N) is 1. The predicted octanol–water partition coefficient (Wildman–Crippen LogP) is -1.43. The fourth-order valence-corrected chi connectivity index (χ4v) is 2.77. The van der Waals surface area contributed by atoms with Crippen LogP contribution in [-0.2, 0) is 6.54 Å². The second-order valence-corrected chi connectivity index (χ2v) is 6.26. The molecule has 0 aliphatic carbocycles. The van der Waals surface area contributed by atoms with E-state index in [1.54, 1.807) is 24.1 Å². The Morgan fingerprint density at radius 2 is 1.90 bits per heavy atom. The van der Waals surface area contributed by atoms with Gasteiger partial charge in [-0.15, -0.1) is 0 Å². The molecule has 0 radical (unpaired) electrons. The van der Waals surface area contributed by atoms with Crippen LogP contribution in [0.5, 0.6) is 0 Å². The molecule has 1 saturated heterocycles. The van der Waals surface area contributed by atoms with Gasteiger partial charge in [0, 0.05) is 19.0 Å². The van der Waals surface area contributed by atoms with Gasteiger partial charge in [0.25, 0.3) is 0 Å². The van der Waals surface area contributed by atoms with Gasteiger partial charge in [-0.05, 0) is 36.5 Å². The molecule has 1 heterocycles. The molecule has 0 aromatic heterocycles. The number of likely N-dealkylation sites (tertiary alicyclic amines) is 1. The van der Waals surface area contributed by atoms with Gasteiger partial charge < -0.3 is 15.5 Å². The Bertz CT molecular complexity index is 450. The van der Waals surface area contributed by atoms with Crippen LogP contribution in [0.3, 0.4) is 0 Å². The van der Waals surface area contributed by atoms with Gasteiger partial charge >= 0.3 is 0 Å². The van der Waals surface area contributed by atoms with Crippen molar-refractivity contribution in [1.82, 2.24) is 10.2 Å². The minimum Gasteiger partial charge on any atom is -0.353 e. The van der Waals surface area contributed by atoms with E-state index in [2.05, 4.69) is 5.32 Å². The van der Waals surface area contributed by atoms with Crippen molar-refractivity contribution >= 4 is 15.7 Å². The van der Waals surface area contributed by atoms with Gasteiger partial charge in [0.15, 0.2) is 0 Å². The van der Waals surface area contributed by atoms with Crippen molar-refractivity contribution in [3.63, 3.8) is 0 Å². The molecule has 4 nitrogen and oxygen atoms in total. The predicted molar refractivity (Wildman–Crippen MR) is 81.0 cm³/mol. The molecule has 1 aliphatic rings. The molecule has 0 spiro atoms. The number of halogens is 1. The molecule has 1 aliphatic heterocycles. The Hall–Kier alpha value is -0.880. The zero-order valence-electron chi connectivity index (χ0n) is 12.2. The quantitative estimate of drug-likeness (QED) is 0.468. The van der Waals surface area contributed by atoms with Crippen LogP contribution >= 0.6 is 0 Å². The van der Waals surface area contributed by atoms with Gasteiger partial charge in [-0.2, -0.15) is 0 Å². The number of hydrogen-bond donors (Lipinski definition) is 3. The lowest BCUT2D eigenvalue weighted by Gasteiger charge is -2.51. The normalized spacial score (nSPS) is 25.5. The van der Waals surface area contributed by atoms with Crippen LogP contribution in [0.2, 0.25) is 0 Å². The summed E-state index contributed by atoms with van der Waals surface area (Å²) in [6, 6.07) is 6.32. The lowest BCUT2D eigenvalue weighted by atomic mass is 9.55. The second-order valence-electron chi connectivity index (χ2n) is 6.26. The minimum absolute atomic E-state index is 0.00116. The number of hydrogen-bond acceptors (Lipinski definition) is 4. The van der Waals surface area contributed by atoms with Crippen molar-refractivity contribution in [2.45, 2.75) is 36.7 Å². The van der Waals surface area contributed by atoms with Crippen molar-refractivity contribution in [1.29, 1.82) is 0 Å². The highest BCUT2D eigenvalue weighted by Crippen LogP contribution is 2.31. The maximum Gasteiger partial charge on any atom is 0.225 e. The van der Waals surface area contributed by atoms with E-state index in [0.29, 0.717) is 6.54 Å². The van der Waals surface area contributed by atoms with E-state index < -0.39 is 5.91 Å². The highest BCUT2D eigenvalue weighted by Gasteiger charge is 2.46. The zero-order valence-corrected chi connectivity index (χ0v) is 12.2. The monoisotopic (exact) mass is 278 g/mol. The smallest absolute Gasteiger partial charge is 0.225 e. The summed E-state index contributed by atoms with van der Waals surface area (Å²) >= 11 is 0. The van der Waals surface area contributed by atoms with Crippen LogP contribution in [-0.4, -0.2) is 55.1 Å². The fourth-order valence-electron chi connectivity index (χ4n) is 2.77. The summed E-state index contributed by atoms with van der Waals surface area (Å²) in [7, 11) is 5.69. The largest absolute Gasteiger partial charge is 0.353 e. The molecule has 1 atom stereocenters. The number of aliphatic hydroxyl groups is 2. The third-order valence-electron chi connectivity index (χ3n) is 4.22. The molecule has 2 rings (SSSR count). The summed E-state index contributed by atoms with van der Waals surface area (Å²) in [5, 5.41) is 23.2. The van der Waals surface area contributed by atoms with Gasteiger partial charge in [-0.25, -0.2) is 4.39 Å². The minimum atomic E-state index is -1.80. The van der Waals surface area contributed by atoms with Crippen molar-refractivity contribution in [3.05, 3.63) is 35.6 Å². The summed E-state index contributed by atoms with van der Waals surface area (Å²) in [4.78, 5) is 1.59. The fraction of sp³-hybridized carbons (Fsp3) is 0.538. The summed E-state index contributed by atoms with van der Waals surface area (Å²) in [6.45, 7) is 0.584. The molecule has 108 valence electrons. The average Bonchev–Trinajstić information content (AvgIpc) is 2.35. The van der Waals surface area contributed by atoms with Crippen molar-refractivity contribution in [3.8, 4) is 0 Å². The maximum atomic E-state index is 12.8. The molecule has 0 amide bonds. The highest BCUT2D eigenvalue weighted by molar-refractivity contribution is 6.40. The third-order valence-corrected chi connectivity index (χ3v) is 4.22. The van der Waals surface area contributed by atoms with Gasteiger partial charge in [0.05, 0.1) is 0 Å². The Kier molecular flexibility index (Phi) is 4.25. The first-order valence-corrected chi connectivity index (χ1v) is 6.87. The standard InChI is InChI=1S/C13H21B2FN2O2/c1-18-12(14,15)6-11(7-13(18,19)20)17-8-9-2-4-10(16)5-3-9/h2-5,11,17,19-20H,6-8,14-15H2,1H3. The maximum absolute atomic E-state index is 12.8. The van der Waals surface area contributed by atoms with Crippen LogP contribution in [0.1, 0.15) is 18.4 Å². The van der Waals surface area contributed by atoms with E-state index in [4.69, 9.17) is 0 Å². The van der Waals surface area contributed by atoms with Crippen LogP contribution in [0.4, 0.5) is 4.39 Å². The van der Waals surface area contributed by atoms with E-state index in [9.17, 15) is 14.6 Å². The molecular formula is C13H21B2FN2O2. The summed E-state index contributed by atoms with van der Waals surface area (Å²) in [5.41, 5.74) is 0.976. The van der Waals surface area contributed by atoms with Gasteiger partial charge in [-0.1, -0.05) is 12.1 Å². The Morgan fingerprint density at radius 1 is 1.30 bits per heavy atom. The number of benzene rings is 1. The molecule has 20 heavy (non-hydrogen) atoms. The molecular weight excluding hydrogens is 257 g/mol. The average molecular weight is 278 g/mol. The lowest BCUT2D eigenvalue weighted by Crippen LogP contribution is -2.67. The van der Waals surface area contributed by atoms with Crippen LogP contribution in [0, 0.1) is 5.82 Å². The lowest BCUT2D eigenvalue weighted by molar-refractivity contribution is -0.285. The first-order valence-electron chi connectivity index (χ1n) is 6.87. The van der Waals surface area contributed by atoms with Crippen molar-refractivity contribution < 1.29 is 14.6 Å².